The van der Waals surface area contributed by atoms with Gasteiger partial charge >= 0.3 is 6.03 Å². The molecule has 3 nitrogen and oxygen atoms in total. The van der Waals surface area contributed by atoms with Crippen molar-refractivity contribution in [1.29, 1.82) is 0 Å². The van der Waals surface area contributed by atoms with Gasteiger partial charge in [0.25, 0.3) is 0 Å². The lowest BCUT2D eigenvalue weighted by molar-refractivity contribution is 0.212. The van der Waals surface area contributed by atoms with Gasteiger partial charge in [-0.1, -0.05) is 27.7 Å². The number of thiol groups is 1. The highest BCUT2D eigenvalue weighted by Crippen LogP contribution is 2.35. The third-order valence-electron chi connectivity index (χ3n) is 3.47. The maximum Gasteiger partial charge on any atom is 0.315 e. The molecule has 2 amide bonds. The van der Waals surface area contributed by atoms with E-state index >= 15 is 0 Å². The Bertz CT molecular complexity index is 276. The van der Waals surface area contributed by atoms with Crippen LogP contribution in [-0.4, -0.2) is 27.4 Å². The summed E-state index contributed by atoms with van der Waals surface area (Å²) in [7, 11) is 0. The van der Waals surface area contributed by atoms with Gasteiger partial charge in [0.2, 0.25) is 0 Å². The fourth-order valence-corrected chi connectivity index (χ4v) is 2.05. The molecular formula is C13H28N2OS2. The zero-order chi connectivity index (χ0) is 14.6. The van der Waals surface area contributed by atoms with Gasteiger partial charge in [0.15, 0.2) is 0 Å². The van der Waals surface area contributed by atoms with E-state index < -0.39 is 0 Å². The van der Waals surface area contributed by atoms with Crippen LogP contribution in [0.25, 0.3) is 0 Å². The molecule has 0 aromatic carbocycles. The molecule has 0 bridgehead atoms. The topological polar surface area (TPSA) is 41.1 Å². The van der Waals surface area contributed by atoms with Gasteiger partial charge in [-0.25, -0.2) is 4.79 Å². The maximum atomic E-state index is 11.8. The molecule has 1 atom stereocenters. The van der Waals surface area contributed by atoms with Gasteiger partial charge in [-0.15, -0.1) is 11.8 Å². The monoisotopic (exact) mass is 292 g/mol. The molecule has 0 aliphatic carbocycles. The number of amides is 2. The smallest absolute Gasteiger partial charge is 0.315 e. The Morgan fingerprint density at radius 3 is 2.11 bits per heavy atom. The number of nitrogens with one attached hydrogen (secondary N) is 2. The van der Waals surface area contributed by atoms with Gasteiger partial charge in [0.1, 0.15) is 0 Å². The van der Waals surface area contributed by atoms with Gasteiger partial charge in [-0.2, -0.15) is 12.6 Å². The van der Waals surface area contributed by atoms with Crippen LogP contribution in [0.2, 0.25) is 0 Å². The van der Waals surface area contributed by atoms with Gasteiger partial charge in [-0.05, 0) is 26.7 Å². The molecule has 0 aromatic rings. The molecule has 0 rings (SSSR count). The van der Waals surface area contributed by atoms with Crippen LogP contribution in [0.15, 0.2) is 0 Å². The highest BCUT2D eigenvalue weighted by Gasteiger charge is 2.41. The minimum Gasteiger partial charge on any atom is -0.332 e. The van der Waals surface area contributed by atoms with Crippen molar-refractivity contribution in [2.45, 2.75) is 64.0 Å². The van der Waals surface area contributed by atoms with Crippen molar-refractivity contribution in [3.8, 4) is 0 Å². The highest BCUT2D eigenvalue weighted by atomic mass is 32.2. The molecule has 2 N–H and O–H groups in total. The second kappa shape index (κ2) is 6.94. The van der Waals surface area contributed by atoms with E-state index in [9.17, 15) is 4.79 Å². The minimum absolute atomic E-state index is 0.130. The predicted octanol–water partition coefficient (Wildman–Crippen LogP) is 3.51. The summed E-state index contributed by atoms with van der Waals surface area (Å²) in [5, 5.41) is 6.39. The van der Waals surface area contributed by atoms with Crippen LogP contribution in [0.1, 0.15) is 48.5 Å². The van der Waals surface area contributed by atoms with E-state index in [0.717, 1.165) is 0 Å². The zero-order valence-corrected chi connectivity index (χ0v) is 14.3. The summed E-state index contributed by atoms with van der Waals surface area (Å²) in [6.07, 6.45) is 0. The number of thioether (sulfide) groups is 1. The number of rotatable bonds is 6. The van der Waals surface area contributed by atoms with Gasteiger partial charge in [0, 0.05) is 10.00 Å². The molecule has 0 radical (unpaired) electrons. The molecule has 1 unspecified atom stereocenters. The molecule has 18 heavy (non-hydrogen) atoms. The maximum absolute atomic E-state index is 11.8. The Labute approximate surface area is 122 Å². The first-order valence-corrected chi connectivity index (χ1v) is 7.90. The number of carbonyl (C=O) groups excluding carboxylic acids is 1. The summed E-state index contributed by atoms with van der Waals surface area (Å²) in [6, 6.07) is -0.130. The Kier molecular flexibility index (Phi) is 6.93. The molecule has 5 heteroatoms. The Balaban J connectivity index is 4.36. The number of urea groups is 1. The van der Waals surface area contributed by atoms with E-state index in [0.29, 0.717) is 17.0 Å². The van der Waals surface area contributed by atoms with Crippen molar-refractivity contribution >= 4 is 30.4 Å². The van der Waals surface area contributed by atoms with Crippen molar-refractivity contribution in [2.24, 2.45) is 5.92 Å². The van der Waals surface area contributed by atoms with Crippen molar-refractivity contribution in [3.05, 3.63) is 0 Å². The summed E-state index contributed by atoms with van der Waals surface area (Å²) in [5.41, 5.74) is -0.378. The molecule has 0 aromatic heterocycles. The largest absolute Gasteiger partial charge is 0.332 e. The number of carbonyl (C=O) groups is 1. The van der Waals surface area contributed by atoms with E-state index in [2.05, 4.69) is 45.3 Å². The first kappa shape index (κ1) is 18.0. The standard InChI is InChI=1S/C13H28N2OS2/c1-9(2)13(7,17)12(5,6)15-11(16)14-8-18-10(3)4/h9-10,17H,8H2,1-7H3,(H2,14,15,16). The minimum atomic E-state index is -0.378. The normalized spacial score (nSPS) is 15.7. The van der Waals surface area contributed by atoms with Gasteiger partial charge < -0.3 is 10.6 Å². The second-order valence-corrected chi connectivity index (χ2v) is 8.41. The van der Waals surface area contributed by atoms with E-state index in [1.54, 1.807) is 11.8 Å². The van der Waals surface area contributed by atoms with Crippen LogP contribution in [0.4, 0.5) is 4.79 Å². The molecule has 0 spiro atoms. The summed E-state index contributed by atoms with van der Waals surface area (Å²) in [6.45, 7) is 14.5. The lowest BCUT2D eigenvalue weighted by Crippen LogP contribution is -2.60. The average Bonchev–Trinajstić information content (AvgIpc) is 2.15. The average molecular weight is 293 g/mol. The van der Waals surface area contributed by atoms with Crippen LogP contribution in [-0.2, 0) is 0 Å². The predicted molar refractivity (Wildman–Crippen MR) is 85.6 cm³/mol. The Morgan fingerprint density at radius 2 is 1.72 bits per heavy atom. The lowest BCUT2D eigenvalue weighted by atomic mass is 9.80. The lowest BCUT2D eigenvalue weighted by Gasteiger charge is -2.44. The zero-order valence-electron chi connectivity index (χ0n) is 12.6. The molecular weight excluding hydrogens is 264 g/mol. The van der Waals surface area contributed by atoms with E-state index in [1.807, 2.05) is 13.8 Å². The van der Waals surface area contributed by atoms with Crippen LogP contribution >= 0.6 is 24.4 Å². The van der Waals surface area contributed by atoms with Crippen molar-refractivity contribution in [1.82, 2.24) is 10.6 Å². The van der Waals surface area contributed by atoms with Crippen LogP contribution in [0.3, 0.4) is 0 Å². The van der Waals surface area contributed by atoms with Crippen LogP contribution in [0.5, 0.6) is 0 Å². The summed E-state index contributed by atoms with van der Waals surface area (Å²) in [4.78, 5) is 11.8. The third-order valence-corrected chi connectivity index (χ3v) is 5.52. The number of hydrogen-bond donors (Lipinski definition) is 3. The molecule has 108 valence electrons. The second-order valence-electron chi connectivity index (χ2n) is 5.92. The quantitative estimate of drug-likeness (QED) is 0.518. The first-order valence-electron chi connectivity index (χ1n) is 6.40. The summed E-state index contributed by atoms with van der Waals surface area (Å²) in [5.74, 6) is 0.992. The van der Waals surface area contributed by atoms with Crippen molar-refractivity contribution in [3.63, 3.8) is 0 Å². The summed E-state index contributed by atoms with van der Waals surface area (Å²) >= 11 is 6.42. The molecule has 0 fully saturated rings. The Hall–Kier alpha value is -0.0300. The summed E-state index contributed by atoms with van der Waals surface area (Å²) < 4.78 is -0.268. The molecule has 0 aliphatic heterocycles. The molecule has 0 aliphatic rings. The SMILES string of the molecule is CC(C)SCNC(=O)NC(C)(C)C(C)(S)C(C)C. The van der Waals surface area contributed by atoms with Gasteiger partial charge in [0.05, 0.1) is 11.4 Å². The highest BCUT2D eigenvalue weighted by molar-refractivity contribution is 7.99. The van der Waals surface area contributed by atoms with Crippen molar-refractivity contribution < 1.29 is 4.79 Å². The first-order chi connectivity index (χ1) is 8.00. The fourth-order valence-electron chi connectivity index (χ4n) is 1.45. The third kappa shape index (κ3) is 5.31. The molecule has 0 heterocycles. The van der Waals surface area contributed by atoms with E-state index in [4.69, 9.17) is 12.6 Å². The van der Waals surface area contributed by atoms with Crippen LogP contribution in [0, 0.1) is 5.92 Å². The van der Waals surface area contributed by atoms with Crippen molar-refractivity contribution in [2.75, 3.05) is 5.88 Å². The fraction of sp³-hybridized carbons (Fsp3) is 0.923. The van der Waals surface area contributed by atoms with Gasteiger partial charge in [-0.3, -0.25) is 0 Å². The Morgan fingerprint density at radius 1 is 1.22 bits per heavy atom. The van der Waals surface area contributed by atoms with Crippen LogP contribution < -0.4 is 10.6 Å². The molecule has 0 saturated carbocycles. The molecule has 0 saturated heterocycles. The number of hydrogen-bond acceptors (Lipinski definition) is 3. The van der Waals surface area contributed by atoms with E-state index in [-0.39, 0.29) is 16.3 Å². The van der Waals surface area contributed by atoms with E-state index in [1.165, 1.54) is 0 Å².